The Balaban J connectivity index is 1.83. The highest BCUT2D eigenvalue weighted by Gasteiger charge is 2.40. The number of benzene rings is 1. The highest BCUT2D eigenvalue weighted by atomic mass is 79.9. The Morgan fingerprint density at radius 2 is 2.25 bits per heavy atom. The standard InChI is InChI=1S/C13H15BrN2O4/c14-11-7-10(16(17)18)1-2-12(11)15-4-6-20-13(8-15)3-5-19-9-13/h1-2,7H,3-6,8-9H2. The molecule has 2 aliphatic heterocycles. The van der Waals surface area contributed by atoms with Crippen LogP contribution in [-0.4, -0.2) is 43.4 Å². The second-order valence-electron chi connectivity index (χ2n) is 5.15. The molecule has 1 unspecified atom stereocenters. The molecule has 0 bridgehead atoms. The molecule has 108 valence electrons. The van der Waals surface area contributed by atoms with Crippen molar-refractivity contribution in [1.29, 1.82) is 0 Å². The van der Waals surface area contributed by atoms with Crippen LogP contribution in [0.15, 0.2) is 22.7 Å². The zero-order chi connectivity index (χ0) is 14.2. The van der Waals surface area contributed by atoms with Crippen molar-refractivity contribution in [2.24, 2.45) is 0 Å². The zero-order valence-electron chi connectivity index (χ0n) is 10.9. The number of nitro groups is 1. The van der Waals surface area contributed by atoms with Crippen molar-refractivity contribution in [1.82, 2.24) is 0 Å². The molecule has 1 atom stereocenters. The third-order valence-corrected chi connectivity index (χ3v) is 4.43. The van der Waals surface area contributed by atoms with Gasteiger partial charge in [-0.3, -0.25) is 10.1 Å². The number of nitro benzene ring substituents is 1. The predicted molar refractivity (Wildman–Crippen MR) is 77.1 cm³/mol. The maximum absolute atomic E-state index is 10.8. The molecule has 0 aliphatic carbocycles. The van der Waals surface area contributed by atoms with Crippen LogP contribution in [0.4, 0.5) is 11.4 Å². The molecular weight excluding hydrogens is 328 g/mol. The largest absolute Gasteiger partial charge is 0.378 e. The Kier molecular flexibility index (Phi) is 3.66. The number of nitrogens with zero attached hydrogens (tertiary/aromatic N) is 2. The van der Waals surface area contributed by atoms with Crippen molar-refractivity contribution in [3.05, 3.63) is 32.8 Å². The maximum atomic E-state index is 10.8. The Bertz CT molecular complexity index is 531. The van der Waals surface area contributed by atoms with Crippen molar-refractivity contribution in [2.75, 3.05) is 37.8 Å². The van der Waals surface area contributed by atoms with Crippen LogP contribution in [0.3, 0.4) is 0 Å². The second-order valence-corrected chi connectivity index (χ2v) is 6.00. The highest BCUT2D eigenvalue weighted by molar-refractivity contribution is 9.10. The van der Waals surface area contributed by atoms with Gasteiger partial charge >= 0.3 is 0 Å². The third kappa shape index (κ3) is 2.53. The van der Waals surface area contributed by atoms with Crippen LogP contribution in [0.25, 0.3) is 0 Å². The Morgan fingerprint density at radius 1 is 1.40 bits per heavy atom. The van der Waals surface area contributed by atoms with E-state index in [0.717, 1.165) is 36.3 Å². The monoisotopic (exact) mass is 342 g/mol. The Hall–Kier alpha value is -1.18. The number of ether oxygens (including phenoxy) is 2. The van der Waals surface area contributed by atoms with Gasteiger partial charge in [0.2, 0.25) is 0 Å². The third-order valence-electron chi connectivity index (χ3n) is 3.80. The SMILES string of the molecule is O=[N+]([O-])c1ccc(N2CCOC3(CCOC3)C2)c(Br)c1. The fourth-order valence-corrected chi connectivity index (χ4v) is 3.36. The molecule has 3 rings (SSSR count). The van der Waals surface area contributed by atoms with Crippen LogP contribution in [0.2, 0.25) is 0 Å². The van der Waals surface area contributed by atoms with Gasteiger partial charge in [0.05, 0.1) is 23.8 Å². The first-order chi connectivity index (χ1) is 9.60. The van der Waals surface area contributed by atoms with Gasteiger partial charge in [0.15, 0.2) is 0 Å². The van der Waals surface area contributed by atoms with Gasteiger partial charge in [0.1, 0.15) is 5.60 Å². The molecule has 2 aliphatic rings. The molecule has 1 aromatic carbocycles. The van der Waals surface area contributed by atoms with E-state index >= 15 is 0 Å². The van der Waals surface area contributed by atoms with E-state index in [2.05, 4.69) is 20.8 Å². The molecule has 20 heavy (non-hydrogen) atoms. The van der Waals surface area contributed by atoms with Gasteiger partial charge in [-0.05, 0) is 22.0 Å². The van der Waals surface area contributed by atoms with E-state index in [0.29, 0.717) is 13.2 Å². The molecule has 0 N–H and O–H groups in total. The lowest BCUT2D eigenvalue weighted by atomic mass is 10.0. The van der Waals surface area contributed by atoms with Crippen molar-refractivity contribution in [3.63, 3.8) is 0 Å². The first-order valence-corrected chi connectivity index (χ1v) is 7.30. The summed E-state index contributed by atoms with van der Waals surface area (Å²) in [5, 5.41) is 10.8. The van der Waals surface area contributed by atoms with Gasteiger partial charge in [-0.15, -0.1) is 0 Å². The van der Waals surface area contributed by atoms with Crippen molar-refractivity contribution in [3.8, 4) is 0 Å². The van der Waals surface area contributed by atoms with Crippen molar-refractivity contribution in [2.45, 2.75) is 12.0 Å². The lowest BCUT2D eigenvalue weighted by Crippen LogP contribution is -2.52. The number of anilines is 1. The van der Waals surface area contributed by atoms with E-state index in [1.165, 1.54) is 6.07 Å². The smallest absolute Gasteiger partial charge is 0.270 e. The molecule has 2 fully saturated rings. The molecule has 0 amide bonds. The lowest BCUT2D eigenvalue weighted by Gasteiger charge is -2.41. The van der Waals surface area contributed by atoms with E-state index in [4.69, 9.17) is 9.47 Å². The van der Waals surface area contributed by atoms with Crippen molar-refractivity contribution < 1.29 is 14.4 Å². The van der Waals surface area contributed by atoms with E-state index in [9.17, 15) is 10.1 Å². The van der Waals surface area contributed by atoms with E-state index < -0.39 is 0 Å². The zero-order valence-corrected chi connectivity index (χ0v) is 12.5. The molecule has 1 spiro atoms. The minimum atomic E-state index is -0.389. The fourth-order valence-electron chi connectivity index (χ4n) is 2.74. The van der Waals surface area contributed by atoms with Gasteiger partial charge < -0.3 is 14.4 Å². The summed E-state index contributed by atoms with van der Waals surface area (Å²) in [4.78, 5) is 12.6. The highest BCUT2D eigenvalue weighted by Crippen LogP contribution is 2.35. The lowest BCUT2D eigenvalue weighted by molar-refractivity contribution is -0.384. The maximum Gasteiger partial charge on any atom is 0.270 e. The first kappa shape index (κ1) is 13.8. The van der Waals surface area contributed by atoms with Crippen molar-refractivity contribution >= 4 is 27.3 Å². The molecule has 2 saturated heterocycles. The summed E-state index contributed by atoms with van der Waals surface area (Å²) in [5.41, 5.74) is 0.831. The number of morpholine rings is 1. The minimum Gasteiger partial charge on any atom is -0.378 e. The summed E-state index contributed by atoms with van der Waals surface area (Å²) in [6.07, 6.45) is 0.897. The number of halogens is 1. The van der Waals surface area contributed by atoms with Gasteiger partial charge in [-0.1, -0.05) is 0 Å². The quantitative estimate of drug-likeness (QED) is 0.609. The van der Waals surface area contributed by atoms with E-state index in [-0.39, 0.29) is 16.2 Å². The Labute approximate surface area is 124 Å². The van der Waals surface area contributed by atoms with E-state index in [1.54, 1.807) is 12.1 Å². The van der Waals surface area contributed by atoms with Crippen LogP contribution in [0.1, 0.15) is 6.42 Å². The summed E-state index contributed by atoms with van der Waals surface area (Å²) in [5.74, 6) is 0. The average Bonchev–Trinajstić information content (AvgIpc) is 2.86. The molecule has 0 saturated carbocycles. The molecule has 6 nitrogen and oxygen atoms in total. The molecule has 1 aromatic rings. The summed E-state index contributed by atoms with van der Waals surface area (Å²) < 4.78 is 12.1. The Morgan fingerprint density at radius 3 is 2.90 bits per heavy atom. The molecule has 2 heterocycles. The van der Waals surface area contributed by atoms with Crippen LogP contribution in [0, 0.1) is 10.1 Å². The molecule has 0 radical (unpaired) electrons. The number of rotatable bonds is 2. The summed E-state index contributed by atoms with van der Waals surface area (Å²) in [6.45, 7) is 3.53. The molecule has 0 aromatic heterocycles. The number of hydrogen-bond acceptors (Lipinski definition) is 5. The van der Waals surface area contributed by atoms with E-state index in [1.807, 2.05) is 0 Å². The van der Waals surface area contributed by atoms with Gasteiger partial charge in [0.25, 0.3) is 5.69 Å². The van der Waals surface area contributed by atoms with Crippen LogP contribution >= 0.6 is 15.9 Å². The summed E-state index contributed by atoms with van der Waals surface area (Å²) >= 11 is 3.43. The summed E-state index contributed by atoms with van der Waals surface area (Å²) in [6, 6.07) is 4.87. The number of hydrogen-bond donors (Lipinski definition) is 0. The van der Waals surface area contributed by atoms with Crippen LogP contribution in [-0.2, 0) is 9.47 Å². The minimum absolute atomic E-state index is 0.0906. The molecule has 7 heteroatoms. The first-order valence-electron chi connectivity index (χ1n) is 6.50. The van der Waals surface area contributed by atoms with Gasteiger partial charge in [-0.25, -0.2) is 0 Å². The summed E-state index contributed by atoms with van der Waals surface area (Å²) in [7, 11) is 0. The van der Waals surface area contributed by atoms with Gasteiger partial charge in [0, 0.05) is 42.7 Å². The second kappa shape index (κ2) is 5.31. The number of non-ortho nitro benzene ring substituents is 1. The van der Waals surface area contributed by atoms with Crippen LogP contribution in [0.5, 0.6) is 0 Å². The average molecular weight is 343 g/mol. The molecular formula is C13H15BrN2O4. The normalized spacial score (nSPS) is 26.1. The van der Waals surface area contributed by atoms with Crippen LogP contribution < -0.4 is 4.90 Å². The topological polar surface area (TPSA) is 64.8 Å². The van der Waals surface area contributed by atoms with Gasteiger partial charge in [-0.2, -0.15) is 0 Å². The fraction of sp³-hybridized carbons (Fsp3) is 0.538. The predicted octanol–water partition coefficient (Wildman–Crippen LogP) is 2.35.